The summed E-state index contributed by atoms with van der Waals surface area (Å²) in [5, 5.41) is 0. The number of halogens is 2. The van der Waals surface area contributed by atoms with Crippen molar-refractivity contribution in [2.24, 2.45) is 0 Å². The van der Waals surface area contributed by atoms with Gasteiger partial charge in [-0.1, -0.05) is 42.0 Å². The molecule has 1 nitrogen and oxygen atoms in total. The van der Waals surface area contributed by atoms with Crippen LogP contribution in [0.4, 0.5) is 14.5 Å². The van der Waals surface area contributed by atoms with Crippen LogP contribution in [0.3, 0.4) is 0 Å². The molecule has 3 rings (SSSR count). The van der Waals surface area contributed by atoms with E-state index in [0.29, 0.717) is 16.8 Å². The molecule has 0 spiro atoms. The van der Waals surface area contributed by atoms with Crippen molar-refractivity contribution in [1.82, 2.24) is 0 Å². The van der Waals surface area contributed by atoms with Gasteiger partial charge >= 0.3 is 0 Å². The number of anilines is 1. The van der Waals surface area contributed by atoms with Gasteiger partial charge in [-0.2, -0.15) is 0 Å². The summed E-state index contributed by atoms with van der Waals surface area (Å²) in [6.07, 6.45) is 0. The fraction of sp³-hybridized carbons (Fsp3) is 0.0526. The van der Waals surface area contributed by atoms with Crippen LogP contribution in [0.2, 0.25) is 0 Å². The van der Waals surface area contributed by atoms with E-state index in [0.717, 1.165) is 5.56 Å². The molecule has 0 heterocycles. The van der Waals surface area contributed by atoms with Gasteiger partial charge in [0, 0.05) is 16.8 Å². The summed E-state index contributed by atoms with van der Waals surface area (Å²) in [7, 11) is 0. The fourth-order valence-corrected chi connectivity index (χ4v) is 2.39. The van der Waals surface area contributed by atoms with Crippen LogP contribution >= 0.6 is 0 Å². The van der Waals surface area contributed by atoms with Crippen LogP contribution in [-0.4, -0.2) is 0 Å². The summed E-state index contributed by atoms with van der Waals surface area (Å²) in [6, 6.07) is 16.5. The highest BCUT2D eigenvalue weighted by atomic mass is 19.1. The van der Waals surface area contributed by atoms with Gasteiger partial charge in [-0.15, -0.1) is 0 Å². The van der Waals surface area contributed by atoms with E-state index in [4.69, 9.17) is 5.73 Å². The molecule has 0 bridgehead atoms. The second-order valence-corrected chi connectivity index (χ2v) is 5.30. The van der Waals surface area contributed by atoms with E-state index in [-0.39, 0.29) is 11.1 Å². The Morgan fingerprint density at radius 2 is 1.09 bits per heavy atom. The summed E-state index contributed by atoms with van der Waals surface area (Å²) in [5.74, 6) is -0.904. The summed E-state index contributed by atoms with van der Waals surface area (Å²) in [6.45, 7) is 1.95. The lowest BCUT2D eigenvalue weighted by atomic mass is 9.98. The van der Waals surface area contributed by atoms with Gasteiger partial charge in [-0.25, -0.2) is 8.78 Å². The van der Waals surface area contributed by atoms with E-state index in [1.165, 1.54) is 12.1 Å². The number of hydrogen-bond donors (Lipinski definition) is 1. The van der Waals surface area contributed by atoms with Crippen LogP contribution in [0.15, 0.2) is 60.7 Å². The highest BCUT2D eigenvalue weighted by Gasteiger charge is 2.13. The predicted molar refractivity (Wildman–Crippen MR) is 86.4 cm³/mol. The average Bonchev–Trinajstić information content (AvgIpc) is 2.51. The molecule has 0 aliphatic carbocycles. The summed E-state index contributed by atoms with van der Waals surface area (Å²) in [5.41, 5.74) is 9.02. The highest BCUT2D eigenvalue weighted by molar-refractivity contribution is 5.72. The van der Waals surface area contributed by atoms with Gasteiger partial charge in [0.2, 0.25) is 0 Å². The summed E-state index contributed by atoms with van der Waals surface area (Å²) < 4.78 is 28.8. The van der Waals surface area contributed by atoms with Gasteiger partial charge < -0.3 is 5.73 Å². The largest absolute Gasteiger partial charge is 0.399 e. The predicted octanol–water partition coefficient (Wildman–Crippen LogP) is 5.19. The Morgan fingerprint density at radius 3 is 1.55 bits per heavy atom. The molecule has 0 aliphatic heterocycles. The minimum atomic E-state index is -0.457. The zero-order chi connectivity index (χ0) is 15.7. The molecule has 0 saturated heterocycles. The molecule has 0 amide bonds. The van der Waals surface area contributed by atoms with Gasteiger partial charge in [-0.3, -0.25) is 0 Å². The Balaban J connectivity index is 2.08. The van der Waals surface area contributed by atoms with Crippen molar-refractivity contribution in [3.8, 4) is 22.3 Å². The van der Waals surface area contributed by atoms with Crippen molar-refractivity contribution in [1.29, 1.82) is 0 Å². The van der Waals surface area contributed by atoms with Crippen LogP contribution in [-0.2, 0) is 0 Å². The number of nitrogens with two attached hydrogens (primary N) is 1. The third-order valence-electron chi connectivity index (χ3n) is 3.64. The normalized spacial score (nSPS) is 10.7. The topological polar surface area (TPSA) is 26.0 Å². The van der Waals surface area contributed by atoms with Crippen molar-refractivity contribution in [3.05, 3.63) is 77.9 Å². The molecule has 0 aliphatic rings. The van der Waals surface area contributed by atoms with Crippen molar-refractivity contribution < 1.29 is 8.78 Å². The molecule has 0 fully saturated rings. The quantitative estimate of drug-likeness (QED) is 0.647. The van der Waals surface area contributed by atoms with Gasteiger partial charge in [0.05, 0.1) is 0 Å². The zero-order valence-electron chi connectivity index (χ0n) is 12.1. The Bertz CT molecular complexity index is 735. The van der Waals surface area contributed by atoms with Gasteiger partial charge in [0.1, 0.15) is 11.6 Å². The number of aryl methyl sites for hydroxylation is 1. The molecule has 0 radical (unpaired) electrons. The Hall–Kier alpha value is -2.68. The standard InChI is InChI=1S/C19H15F2N/c1-12-2-4-13(5-3-12)16-10-19(21)17(11-18(16)20)14-6-8-15(22)9-7-14/h2-11H,22H2,1H3. The first-order chi connectivity index (χ1) is 10.5. The molecule has 3 heteroatoms. The number of rotatable bonds is 2. The monoisotopic (exact) mass is 295 g/mol. The second kappa shape index (κ2) is 5.60. The number of nitrogen functional groups attached to an aromatic ring is 1. The van der Waals surface area contributed by atoms with E-state index in [1.807, 2.05) is 19.1 Å². The van der Waals surface area contributed by atoms with E-state index >= 15 is 0 Å². The minimum Gasteiger partial charge on any atom is -0.399 e. The summed E-state index contributed by atoms with van der Waals surface area (Å²) in [4.78, 5) is 0. The highest BCUT2D eigenvalue weighted by Crippen LogP contribution is 2.31. The number of hydrogen-bond acceptors (Lipinski definition) is 1. The van der Waals surface area contributed by atoms with E-state index < -0.39 is 11.6 Å². The molecule has 0 atom stereocenters. The second-order valence-electron chi connectivity index (χ2n) is 5.30. The van der Waals surface area contributed by atoms with E-state index in [1.54, 1.807) is 36.4 Å². The molecule has 2 N–H and O–H groups in total. The van der Waals surface area contributed by atoms with E-state index in [9.17, 15) is 8.78 Å². The van der Waals surface area contributed by atoms with Gasteiger partial charge in [-0.05, 0) is 42.3 Å². The van der Waals surface area contributed by atoms with Crippen molar-refractivity contribution in [3.63, 3.8) is 0 Å². The first-order valence-electron chi connectivity index (χ1n) is 6.96. The maximum Gasteiger partial charge on any atom is 0.131 e. The number of benzene rings is 3. The Labute approximate surface area is 128 Å². The molecule has 0 aromatic heterocycles. The van der Waals surface area contributed by atoms with Crippen LogP contribution in [0.25, 0.3) is 22.3 Å². The zero-order valence-corrected chi connectivity index (χ0v) is 12.1. The first kappa shape index (κ1) is 14.3. The molecule has 110 valence electrons. The lowest BCUT2D eigenvalue weighted by molar-refractivity contribution is 0.606. The minimum absolute atomic E-state index is 0.230. The molecule has 0 saturated carbocycles. The third kappa shape index (κ3) is 2.70. The molecule has 3 aromatic rings. The van der Waals surface area contributed by atoms with Crippen molar-refractivity contribution in [2.45, 2.75) is 6.92 Å². The fourth-order valence-electron chi connectivity index (χ4n) is 2.39. The molecule has 22 heavy (non-hydrogen) atoms. The first-order valence-corrected chi connectivity index (χ1v) is 6.96. The Morgan fingerprint density at radius 1 is 0.682 bits per heavy atom. The van der Waals surface area contributed by atoms with Gasteiger partial charge in [0.25, 0.3) is 0 Å². The maximum atomic E-state index is 14.4. The molecular formula is C19H15F2N. The van der Waals surface area contributed by atoms with Crippen molar-refractivity contribution in [2.75, 3.05) is 5.73 Å². The summed E-state index contributed by atoms with van der Waals surface area (Å²) >= 11 is 0. The molecule has 3 aromatic carbocycles. The van der Waals surface area contributed by atoms with Crippen LogP contribution < -0.4 is 5.73 Å². The smallest absolute Gasteiger partial charge is 0.131 e. The third-order valence-corrected chi connectivity index (χ3v) is 3.64. The SMILES string of the molecule is Cc1ccc(-c2cc(F)c(-c3ccc(N)cc3)cc2F)cc1. The molecular weight excluding hydrogens is 280 g/mol. The lowest BCUT2D eigenvalue weighted by Gasteiger charge is -2.09. The maximum absolute atomic E-state index is 14.4. The molecule has 0 unspecified atom stereocenters. The van der Waals surface area contributed by atoms with Crippen LogP contribution in [0.5, 0.6) is 0 Å². The lowest BCUT2D eigenvalue weighted by Crippen LogP contribution is -1.92. The van der Waals surface area contributed by atoms with Crippen LogP contribution in [0.1, 0.15) is 5.56 Å². The Kier molecular flexibility index (Phi) is 3.63. The average molecular weight is 295 g/mol. The van der Waals surface area contributed by atoms with Crippen molar-refractivity contribution >= 4 is 5.69 Å². The van der Waals surface area contributed by atoms with Gasteiger partial charge in [0.15, 0.2) is 0 Å². The van der Waals surface area contributed by atoms with E-state index in [2.05, 4.69) is 0 Å². The van der Waals surface area contributed by atoms with Crippen LogP contribution in [0, 0.1) is 18.6 Å².